The molecule has 0 rings (SSSR count). The fourth-order valence-corrected chi connectivity index (χ4v) is 4.46. The van der Waals surface area contributed by atoms with Crippen molar-refractivity contribution in [3.8, 4) is 0 Å². The number of aliphatic hydroxyl groups excluding tert-OH is 2. The molecule has 0 aromatic heterocycles. The quantitative estimate of drug-likeness (QED) is 0.0773. The Morgan fingerprint density at radius 1 is 0.550 bits per heavy atom. The van der Waals surface area contributed by atoms with E-state index in [1.807, 2.05) is 0 Å². The first-order valence-corrected chi connectivity index (χ1v) is 15.6. The standard InChI is InChI=1S/C30H57N3O7/c1-25(23-34)32-29(38)21-20-26(24-35)33-28(37)18-16-22-31-27(36)17-14-12-10-8-6-4-2-3-5-7-9-11-13-15-19-30(39)40/h25-26,34-35H,2-24H2,1H3,(H,31,36)(H,32,38)(H,33,37)(H,39,40)/t25-,26+/m1/s1. The normalized spacial score (nSPS) is 12.5. The monoisotopic (exact) mass is 571 g/mol. The second-order valence-electron chi connectivity index (χ2n) is 10.9. The number of aliphatic carboxylic acids is 1. The molecule has 0 heterocycles. The highest BCUT2D eigenvalue weighted by Gasteiger charge is 2.14. The van der Waals surface area contributed by atoms with Crippen LogP contribution < -0.4 is 16.0 Å². The van der Waals surface area contributed by atoms with E-state index in [0.29, 0.717) is 32.2 Å². The Morgan fingerprint density at radius 2 is 1.00 bits per heavy atom. The number of rotatable bonds is 28. The Labute approximate surface area is 241 Å². The minimum atomic E-state index is -0.695. The van der Waals surface area contributed by atoms with E-state index in [9.17, 15) is 24.3 Å². The molecule has 0 aliphatic heterocycles. The number of carbonyl (C=O) groups is 4. The summed E-state index contributed by atoms with van der Waals surface area (Å²) in [7, 11) is 0. The molecule has 0 spiro atoms. The lowest BCUT2D eigenvalue weighted by Gasteiger charge is -2.17. The minimum Gasteiger partial charge on any atom is -0.481 e. The molecular weight excluding hydrogens is 514 g/mol. The van der Waals surface area contributed by atoms with Gasteiger partial charge in [0.25, 0.3) is 0 Å². The molecule has 40 heavy (non-hydrogen) atoms. The molecule has 0 aliphatic carbocycles. The molecule has 0 saturated carbocycles. The van der Waals surface area contributed by atoms with Gasteiger partial charge in [-0.15, -0.1) is 0 Å². The summed E-state index contributed by atoms with van der Waals surface area (Å²) >= 11 is 0. The Hall–Kier alpha value is -2.20. The summed E-state index contributed by atoms with van der Waals surface area (Å²) in [5.74, 6) is -1.14. The van der Waals surface area contributed by atoms with E-state index in [2.05, 4.69) is 16.0 Å². The van der Waals surface area contributed by atoms with Crippen LogP contribution in [-0.4, -0.2) is 70.9 Å². The second-order valence-corrected chi connectivity index (χ2v) is 10.9. The van der Waals surface area contributed by atoms with Crippen LogP contribution in [0.4, 0.5) is 0 Å². The van der Waals surface area contributed by atoms with Crippen LogP contribution in [0, 0.1) is 0 Å². The van der Waals surface area contributed by atoms with Crippen molar-refractivity contribution in [1.82, 2.24) is 16.0 Å². The highest BCUT2D eigenvalue weighted by Crippen LogP contribution is 2.13. The van der Waals surface area contributed by atoms with Crippen molar-refractivity contribution in [2.75, 3.05) is 19.8 Å². The molecule has 0 radical (unpaired) electrons. The Morgan fingerprint density at radius 3 is 1.48 bits per heavy atom. The van der Waals surface area contributed by atoms with Crippen LogP contribution in [-0.2, 0) is 19.2 Å². The predicted octanol–water partition coefficient (Wildman–Crippen LogP) is 3.96. The first-order chi connectivity index (χ1) is 19.3. The third kappa shape index (κ3) is 26.0. The fourth-order valence-electron chi connectivity index (χ4n) is 4.46. The SMILES string of the molecule is C[C@H](CO)NC(=O)CC[C@@H](CO)NC(=O)CCCNC(=O)CCCCCCCCCCCCCCCCC(=O)O. The summed E-state index contributed by atoms with van der Waals surface area (Å²) in [4.78, 5) is 46.3. The number of carboxylic acids is 1. The zero-order valence-corrected chi connectivity index (χ0v) is 24.9. The first-order valence-electron chi connectivity index (χ1n) is 15.6. The molecule has 3 amide bonds. The zero-order chi connectivity index (χ0) is 29.8. The van der Waals surface area contributed by atoms with Gasteiger partial charge in [-0.25, -0.2) is 0 Å². The van der Waals surface area contributed by atoms with Crippen LogP contribution in [0.25, 0.3) is 0 Å². The van der Waals surface area contributed by atoms with Crippen molar-refractivity contribution in [3.63, 3.8) is 0 Å². The zero-order valence-electron chi connectivity index (χ0n) is 24.9. The largest absolute Gasteiger partial charge is 0.481 e. The van der Waals surface area contributed by atoms with Crippen LogP contribution in [0.15, 0.2) is 0 Å². The van der Waals surface area contributed by atoms with E-state index in [0.717, 1.165) is 38.5 Å². The maximum Gasteiger partial charge on any atom is 0.303 e. The van der Waals surface area contributed by atoms with Crippen LogP contribution in [0.1, 0.15) is 135 Å². The maximum absolute atomic E-state index is 12.1. The molecule has 10 heteroatoms. The average molecular weight is 572 g/mol. The third-order valence-corrected chi connectivity index (χ3v) is 6.93. The molecule has 10 nitrogen and oxygen atoms in total. The van der Waals surface area contributed by atoms with Gasteiger partial charge in [0.15, 0.2) is 0 Å². The van der Waals surface area contributed by atoms with Crippen molar-refractivity contribution >= 4 is 23.7 Å². The number of hydrogen-bond acceptors (Lipinski definition) is 6. The van der Waals surface area contributed by atoms with Gasteiger partial charge in [0.05, 0.1) is 19.3 Å². The van der Waals surface area contributed by atoms with Crippen molar-refractivity contribution in [1.29, 1.82) is 0 Å². The van der Waals surface area contributed by atoms with Crippen molar-refractivity contribution in [2.45, 2.75) is 147 Å². The van der Waals surface area contributed by atoms with Gasteiger partial charge in [-0.05, 0) is 32.6 Å². The van der Waals surface area contributed by atoms with E-state index in [1.165, 1.54) is 51.4 Å². The van der Waals surface area contributed by atoms with Crippen LogP contribution in [0.5, 0.6) is 0 Å². The number of aliphatic hydroxyl groups is 2. The predicted molar refractivity (Wildman–Crippen MR) is 157 cm³/mol. The van der Waals surface area contributed by atoms with E-state index in [-0.39, 0.29) is 49.8 Å². The summed E-state index contributed by atoms with van der Waals surface area (Å²) in [6.45, 7) is 1.72. The second kappa shape index (κ2) is 27.0. The molecular formula is C30H57N3O7. The highest BCUT2D eigenvalue weighted by molar-refractivity contribution is 5.78. The summed E-state index contributed by atoms with van der Waals surface area (Å²) in [6.07, 6.45) is 18.1. The lowest BCUT2D eigenvalue weighted by molar-refractivity contribution is -0.137. The van der Waals surface area contributed by atoms with Crippen LogP contribution in [0.2, 0.25) is 0 Å². The van der Waals surface area contributed by atoms with Crippen LogP contribution >= 0.6 is 0 Å². The molecule has 234 valence electrons. The van der Waals surface area contributed by atoms with Gasteiger partial charge in [0, 0.05) is 38.3 Å². The number of carboxylic acid groups (broad SMARTS) is 1. The van der Waals surface area contributed by atoms with Crippen molar-refractivity contribution in [3.05, 3.63) is 0 Å². The lowest BCUT2D eigenvalue weighted by atomic mass is 10.0. The maximum atomic E-state index is 12.1. The average Bonchev–Trinajstić information content (AvgIpc) is 2.92. The molecule has 6 N–H and O–H groups in total. The van der Waals surface area contributed by atoms with Gasteiger partial charge < -0.3 is 31.3 Å². The van der Waals surface area contributed by atoms with E-state index in [4.69, 9.17) is 10.2 Å². The minimum absolute atomic E-state index is 0.0126. The van der Waals surface area contributed by atoms with Crippen molar-refractivity contribution < 1.29 is 34.5 Å². The first kappa shape index (κ1) is 37.8. The number of amides is 3. The lowest BCUT2D eigenvalue weighted by Crippen LogP contribution is -2.40. The molecule has 0 saturated heterocycles. The smallest absolute Gasteiger partial charge is 0.303 e. The summed E-state index contributed by atoms with van der Waals surface area (Å²) in [6, 6.07) is -0.834. The molecule has 0 aromatic rings. The van der Waals surface area contributed by atoms with Gasteiger partial charge in [0.1, 0.15) is 0 Å². The summed E-state index contributed by atoms with van der Waals surface area (Å²) in [5, 5.41) is 35.2. The van der Waals surface area contributed by atoms with Crippen molar-refractivity contribution in [2.24, 2.45) is 0 Å². The molecule has 0 unspecified atom stereocenters. The topological polar surface area (TPSA) is 165 Å². The molecule has 0 fully saturated rings. The van der Waals surface area contributed by atoms with Gasteiger partial charge in [0.2, 0.25) is 17.7 Å². The Bertz CT molecular complexity index is 676. The summed E-state index contributed by atoms with van der Waals surface area (Å²) in [5.41, 5.74) is 0. The third-order valence-electron chi connectivity index (χ3n) is 6.93. The van der Waals surface area contributed by atoms with Gasteiger partial charge in [-0.2, -0.15) is 0 Å². The van der Waals surface area contributed by atoms with Crippen LogP contribution in [0.3, 0.4) is 0 Å². The number of hydrogen-bond donors (Lipinski definition) is 6. The number of unbranched alkanes of at least 4 members (excludes halogenated alkanes) is 13. The van der Waals surface area contributed by atoms with E-state index in [1.54, 1.807) is 6.92 Å². The number of carbonyl (C=O) groups excluding carboxylic acids is 3. The number of nitrogens with one attached hydrogen (secondary N) is 3. The van der Waals surface area contributed by atoms with Gasteiger partial charge in [-0.3, -0.25) is 19.2 Å². The fraction of sp³-hybridized carbons (Fsp3) is 0.867. The summed E-state index contributed by atoms with van der Waals surface area (Å²) < 4.78 is 0. The Balaban J connectivity index is 3.53. The molecule has 2 atom stereocenters. The van der Waals surface area contributed by atoms with E-state index >= 15 is 0 Å². The van der Waals surface area contributed by atoms with E-state index < -0.39 is 12.0 Å². The van der Waals surface area contributed by atoms with Gasteiger partial charge >= 0.3 is 5.97 Å². The molecule has 0 bridgehead atoms. The molecule has 0 aliphatic rings. The van der Waals surface area contributed by atoms with Gasteiger partial charge in [-0.1, -0.05) is 77.0 Å². The Kier molecular flexibility index (Phi) is 25.5. The molecule has 0 aromatic carbocycles. The highest BCUT2D eigenvalue weighted by atomic mass is 16.4.